The molecule has 1 aromatic carbocycles. The molecule has 2 nitrogen and oxygen atoms in total. The van der Waals surface area contributed by atoms with E-state index in [1.807, 2.05) is 23.0 Å². The van der Waals surface area contributed by atoms with Crippen LogP contribution in [0.4, 0.5) is 8.78 Å². The van der Waals surface area contributed by atoms with Crippen molar-refractivity contribution in [2.24, 2.45) is 0 Å². The zero-order valence-electron chi connectivity index (χ0n) is 11.2. The van der Waals surface area contributed by atoms with Crippen molar-refractivity contribution >= 4 is 0 Å². The van der Waals surface area contributed by atoms with Crippen molar-refractivity contribution in [1.29, 1.82) is 0 Å². The maximum Gasteiger partial charge on any atom is 0.163 e. The molecule has 0 aliphatic rings. The van der Waals surface area contributed by atoms with Crippen LogP contribution >= 0.6 is 0 Å². The number of hydrogen-bond acceptors (Lipinski definition) is 1. The fraction of sp³-hybridized carbons (Fsp3) is 0.333. The van der Waals surface area contributed by atoms with Gasteiger partial charge in [-0.3, -0.25) is 0 Å². The van der Waals surface area contributed by atoms with Crippen molar-refractivity contribution in [1.82, 2.24) is 9.88 Å². The molecular formula is C15H18F2N2. The Morgan fingerprint density at radius 3 is 2.79 bits per heavy atom. The molecule has 0 aliphatic carbocycles. The van der Waals surface area contributed by atoms with E-state index in [1.54, 1.807) is 6.07 Å². The Morgan fingerprint density at radius 2 is 2.05 bits per heavy atom. The van der Waals surface area contributed by atoms with Gasteiger partial charge in [-0.2, -0.15) is 0 Å². The van der Waals surface area contributed by atoms with Crippen LogP contribution in [0.3, 0.4) is 0 Å². The third-order valence-electron chi connectivity index (χ3n) is 3.17. The van der Waals surface area contributed by atoms with E-state index in [1.165, 1.54) is 6.07 Å². The molecule has 0 amide bonds. The van der Waals surface area contributed by atoms with Gasteiger partial charge in [0.05, 0.1) is 0 Å². The Balaban J connectivity index is 2.14. The lowest BCUT2D eigenvalue weighted by Crippen LogP contribution is -2.17. The molecule has 1 N–H and O–H groups in total. The van der Waals surface area contributed by atoms with Gasteiger partial charge in [-0.05, 0) is 31.2 Å². The largest absolute Gasteiger partial charge is 0.349 e. The maximum absolute atomic E-state index is 13.6. The van der Waals surface area contributed by atoms with E-state index in [2.05, 4.69) is 19.2 Å². The number of nitrogens with one attached hydrogen (secondary N) is 1. The van der Waals surface area contributed by atoms with Crippen LogP contribution in [0.25, 0.3) is 0 Å². The Morgan fingerprint density at radius 1 is 1.26 bits per heavy atom. The molecule has 0 fully saturated rings. The van der Waals surface area contributed by atoms with E-state index in [4.69, 9.17) is 0 Å². The molecule has 0 spiro atoms. The second-order valence-corrected chi connectivity index (χ2v) is 4.61. The van der Waals surface area contributed by atoms with Gasteiger partial charge in [-0.25, -0.2) is 8.78 Å². The SMILES string of the molecule is CCNC(C)c1ccn(Cc2cccc(F)c2F)c1. The summed E-state index contributed by atoms with van der Waals surface area (Å²) >= 11 is 0. The molecule has 1 heterocycles. The summed E-state index contributed by atoms with van der Waals surface area (Å²) < 4.78 is 28.6. The highest BCUT2D eigenvalue weighted by Crippen LogP contribution is 2.16. The molecule has 1 atom stereocenters. The quantitative estimate of drug-likeness (QED) is 0.874. The molecule has 0 saturated carbocycles. The minimum absolute atomic E-state index is 0.253. The zero-order chi connectivity index (χ0) is 13.8. The lowest BCUT2D eigenvalue weighted by molar-refractivity contribution is 0.495. The van der Waals surface area contributed by atoms with Crippen LogP contribution in [-0.2, 0) is 6.54 Å². The number of benzene rings is 1. The second-order valence-electron chi connectivity index (χ2n) is 4.61. The number of aromatic nitrogens is 1. The van der Waals surface area contributed by atoms with Crippen LogP contribution in [0.2, 0.25) is 0 Å². The Labute approximate surface area is 112 Å². The molecule has 102 valence electrons. The highest BCUT2D eigenvalue weighted by Gasteiger charge is 2.09. The van der Waals surface area contributed by atoms with Crippen LogP contribution in [0.15, 0.2) is 36.7 Å². The topological polar surface area (TPSA) is 17.0 Å². The predicted molar refractivity (Wildman–Crippen MR) is 72.0 cm³/mol. The average molecular weight is 264 g/mol. The third kappa shape index (κ3) is 3.20. The summed E-state index contributed by atoms with van der Waals surface area (Å²) in [6.45, 7) is 5.36. The summed E-state index contributed by atoms with van der Waals surface area (Å²) in [5.74, 6) is -1.57. The summed E-state index contributed by atoms with van der Waals surface area (Å²) in [5, 5.41) is 3.31. The number of halogens is 2. The fourth-order valence-electron chi connectivity index (χ4n) is 2.11. The van der Waals surface area contributed by atoms with E-state index in [-0.39, 0.29) is 6.04 Å². The van der Waals surface area contributed by atoms with Gasteiger partial charge < -0.3 is 9.88 Å². The molecule has 19 heavy (non-hydrogen) atoms. The number of nitrogens with zero attached hydrogens (tertiary/aromatic N) is 1. The first kappa shape index (κ1) is 13.7. The molecule has 0 aliphatic heterocycles. The Kier molecular flexibility index (Phi) is 4.32. The summed E-state index contributed by atoms with van der Waals surface area (Å²) in [6, 6.07) is 6.51. The lowest BCUT2D eigenvalue weighted by atomic mass is 10.2. The standard InChI is InChI=1S/C15H18F2N2/c1-3-18-11(2)12-7-8-19(9-12)10-13-5-4-6-14(16)15(13)17/h4-9,11,18H,3,10H2,1-2H3. The van der Waals surface area contributed by atoms with Gasteiger partial charge >= 0.3 is 0 Å². The van der Waals surface area contributed by atoms with E-state index < -0.39 is 11.6 Å². The first-order valence-corrected chi connectivity index (χ1v) is 6.43. The second kappa shape index (κ2) is 5.97. The first-order chi connectivity index (χ1) is 9.11. The Hall–Kier alpha value is -1.68. The van der Waals surface area contributed by atoms with Gasteiger partial charge in [-0.1, -0.05) is 19.1 Å². The van der Waals surface area contributed by atoms with Gasteiger partial charge in [0.15, 0.2) is 11.6 Å². The van der Waals surface area contributed by atoms with Crippen molar-refractivity contribution in [3.8, 4) is 0 Å². The average Bonchev–Trinajstić information content (AvgIpc) is 2.84. The first-order valence-electron chi connectivity index (χ1n) is 6.43. The van der Waals surface area contributed by atoms with Crippen molar-refractivity contribution < 1.29 is 8.78 Å². The molecule has 2 aromatic rings. The summed E-state index contributed by atoms with van der Waals surface area (Å²) in [7, 11) is 0. The Bertz CT molecular complexity index is 549. The van der Waals surface area contributed by atoms with Crippen LogP contribution in [-0.4, -0.2) is 11.1 Å². The van der Waals surface area contributed by atoms with Gasteiger partial charge in [0.2, 0.25) is 0 Å². The molecule has 2 rings (SSSR count). The lowest BCUT2D eigenvalue weighted by Gasteiger charge is -2.10. The van der Waals surface area contributed by atoms with Gasteiger partial charge in [0.1, 0.15) is 0 Å². The molecule has 0 radical (unpaired) electrons. The van der Waals surface area contributed by atoms with E-state index >= 15 is 0 Å². The van der Waals surface area contributed by atoms with Crippen LogP contribution in [0.1, 0.15) is 31.0 Å². The normalized spacial score (nSPS) is 12.6. The molecular weight excluding hydrogens is 246 g/mol. The summed E-state index contributed by atoms with van der Waals surface area (Å²) in [4.78, 5) is 0. The van der Waals surface area contributed by atoms with Crippen LogP contribution < -0.4 is 5.32 Å². The van der Waals surface area contributed by atoms with Gasteiger partial charge in [0, 0.05) is 30.5 Å². The summed E-state index contributed by atoms with van der Waals surface area (Å²) in [5.41, 5.74) is 1.50. The van der Waals surface area contributed by atoms with E-state index in [9.17, 15) is 8.78 Å². The molecule has 4 heteroatoms. The highest BCUT2D eigenvalue weighted by molar-refractivity contribution is 5.21. The van der Waals surface area contributed by atoms with E-state index in [0.717, 1.165) is 18.2 Å². The number of hydrogen-bond donors (Lipinski definition) is 1. The molecule has 1 unspecified atom stereocenters. The van der Waals surface area contributed by atoms with Gasteiger partial charge in [-0.15, -0.1) is 0 Å². The van der Waals surface area contributed by atoms with Crippen LogP contribution in [0, 0.1) is 11.6 Å². The number of rotatable bonds is 5. The van der Waals surface area contributed by atoms with Gasteiger partial charge in [0.25, 0.3) is 0 Å². The van der Waals surface area contributed by atoms with E-state index in [0.29, 0.717) is 12.1 Å². The monoisotopic (exact) mass is 264 g/mol. The smallest absolute Gasteiger partial charge is 0.163 e. The van der Waals surface area contributed by atoms with Crippen LogP contribution in [0.5, 0.6) is 0 Å². The zero-order valence-corrected chi connectivity index (χ0v) is 11.2. The predicted octanol–water partition coefficient (Wildman–Crippen LogP) is 3.49. The molecule has 0 bridgehead atoms. The maximum atomic E-state index is 13.6. The summed E-state index contributed by atoms with van der Waals surface area (Å²) in [6.07, 6.45) is 3.84. The molecule has 0 saturated heterocycles. The van der Waals surface area contributed by atoms with Crippen molar-refractivity contribution in [3.63, 3.8) is 0 Å². The fourth-order valence-corrected chi connectivity index (χ4v) is 2.11. The highest BCUT2D eigenvalue weighted by atomic mass is 19.2. The van der Waals surface area contributed by atoms with Crippen molar-refractivity contribution in [2.45, 2.75) is 26.4 Å². The minimum atomic E-state index is -0.800. The minimum Gasteiger partial charge on any atom is -0.349 e. The van der Waals surface area contributed by atoms with Crippen molar-refractivity contribution in [3.05, 3.63) is 59.4 Å². The van der Waals surface area contributed by atoms with Crippen molar-refractivity contribution in [2.75, 3.05) is 6.54 Å². The third-order valence-corrected chi connectivity index (χ3v) is 3.17. The molecule has 1 aromatic heterocycles.